The highest BCUT2D eigenvalue weighted by Gasteiger charge is 2.53. The molecule has 5 heterocycles. The molecule has 0 unspecified atom stereocenters. The van der Waals surface area contributed by atoms with Crippen molar-refractivity contribution in [3.05, 3.63) is 29.2 Å². The van der Waals surface area contributed by atoms with Gasteiger partial charge in [-0.15, -0.1) is 11.8 Å². The van der Waals surface area contributed by atoms with Gasteiger partial charge in [-0.2, -0.15) is 14.4 Å². The van der Waals surface area contributed by atoms with Crippen LogP contribution in [0.25, 0.3) is 0 Å². The van der Waals surface area contributed by atoms with Crippen molar-refractivity contribution in [2.24, 2.45) is 5.16 Å². The Labute approximate surface area is 219 Å². The van der Waals surface area contributed by atoms with E-state index in [-0.39, 0.29) is 16.7 Å². The van der Waals surface area contributed by atoms with E-state index in [1.54, 1.807) is 6.08 Å². The van der Waals surface area contributed by atoms with Crippen LogP contribution in [0.15, 0.2) is 28.6 Å². The predicted octanol–water partition coefficient (Wildman–Crippen LogP) is -1.43. The number of β-lactam (4-membered cyclic amide) rings is 1. The number of alkyl halides is 1. The zero-order valence-electron chi connectivity index (χ0n) is 19.7. The van der Waals surface area contributed by atoms with Gasteiger partial charge in [-0.3, -0.25) is 14.5 Å². The molecule has 16 heteroatoms. The highest BCUT2D eigenvalue weighted by atomic mass is 32.2. The van der Waals surface area contributed by atoms with Gasteiger partial charge in [0.25, 0.3) is 18.7 Å². The molecular weight excluding hydrogens is 527 g/mol. The molecule has 0 spiro atoms. The van der Waals surface area contributed by atoms with Crippen LogP contribution in [0.1, 0.15) is 18.7 Å². The van der Waals surface area contributed by atoms with Gasteiger partial charge in [-0.05, 0) is 11.6 Å². The number of carbonyl (C=O) groups excluding carboxylic acids is 3. The van der Waals surface area contributed by atoms with E-state index in [1.807, 2.05) is 6.08 Å². The highest BCUT2D eigenvalue weighted by Crippen LogP contribution is 2.40. The normalized spacial score (nSPS) is 25.3. The minimum absolute atomic E-state index is 0.0563. The van der Waals surface area contributed by atoms with Crippen molar-refractivity contribution in [2.75, 3.05) is 51.1 Å². The van der Waals surface area contributed by atoms with Gasteiger partial charge in [0.05, 0.1) is 37.8 Å². The molecule has 5 rings (SSSR count). The van der Waals surface area contributed by atoms with E-state index < -0.39 is 41.8 Å². The molecule has 3 saturated heterocycles. The van der Waals surface area contributed by atoms with E-state index in [0.717, 1.165) is 66.6 Å². The number of thioether (sulfide) groups is 1. The van der Waals surface area contributed by atoms with Gasteiger partial charge in [-0.25, -0.2) is 8.98 Å². The summed E-state index contributed by atoms with van der Waals surface area (Å²) in [6, 6.07) is -1.04. The molecule has 0 saturated carbocycles. The summed E-state index contributed by atoms with van der Waals surface area (Å²) in [6.07, 6.45) is 6.04. The van der Waals surface area contributed by atoms with Crippen LogP contribution in [0, 0.1) is 0 Å². The molecule has 2 atom stereocenters. The molecule has 0 radical (unpaired) electrons. The van der Waals surface area contributed by atoms with Crippen LogP contribution in [0.2, 0.25) is 0 Å². The fraction of sp³-hybridized carbons (Fsp3) is 0.524. The lowest BCUT2D eigenvalue weighted by Gasteiger charge is -2.50. The summed E-state index contributed by atoms with van der Waals surface area (Å²) < 4.78 is 17.3. The number of hydrogen-bond acceptors (Lipinski definition) is 12. The first-order valence-electron chi connectivity index (χ1n) is 11.7. The number of oxime groups is 1. The Kier molecular flexibility index (Phi) is 7.15. The van der Waals surface area contributed by atoms with Crippen molar-refractivity contribution in [2.45, 2.75) is 24.3 Å². The van der Waals surface area contributed by atoms with Crippen molar-refractivity contribution in [1.82, 2.24) is 24.6 Å². The molecule has 13 nitrogen and oxygen atoms in total. The number of carbonyl (C=O) groups is 3. The average molecular weight is 553 g/mol. The Morgan fingerprint density at radius 1 is 1.35 bits per heavy atom. The molecule has 1 aromatic rings. The van der Waals surface area contributed by atoms with Gasteiger partial charge < -0.3 is 25.8 Å². The highest BCUT2D eigenvalue weighted by molar-refractivity contribution is 8.00. The number of fused-ring (bicyclic) bond motifs is 2. The maximum atomic E-state index is 13.0. The van der Waals surface area contributed by atoms with Gasteiger partial charge in [0, 0.05) is 30.1 Å². The summed E-state index contributed by atoms with van der Waals surface area (Å²) in [5, 5.41) is 19.8. The summed E-state index contributed by atoms with van der Waals surface area (Å²) in [6.45, 7) is 3.77. The van der Waals surface area contributed by atoms with Crippen molar-refractivity contribution in [3.8, 4) is 0 Å². The van der Waals surface area contributed by atoms with Crippen molar-refractivity contribution < 1.29 is 33.3 Å². The number of carboxylic acid groups (broad SMARTS) is 1. The van der Waals surface area contributed by atoms with Crippen molar-refractivity contribution in [3.63, 3.8) is 0 Å². The fourth-order valence-corrected chi connectivity index (χ4v) is 7.04. The molecule has 0 bridgehead atoms. The number of nitrogens with two attached hydrogens (primary N) is 1. The number of carboxylic acids is 1. The summed E-state index contributed by atoms with van der Waals surface area (Å²) in [4.78, 5) is 47.1. The van der Waals surface area contributed by atoms with Gasteiger partial charge in [0.2, 0.25) is 11.5 Å². The van der Waals surface area contributed by atoms with E-state index in [2.05, 4.69) is 29.7 Å². The van der Waals surface area contributed by atoms with Gasteiger partial charge >= 0.3 is 0 Å². The predicted molar refractivity (Wildman–Crippen MR) is 130 cm³/mol. The SMILES string of the molecule is Nc1nc(/C(=N/OCF)C(=O)N[C@@H]2C(=O)N3C(C(=O)[O-])=C(/C=C/C[N+]45CCCN4CCC5)CS[C@H]23)ns1. The first-order valence-corrected chi connectivity index (χ1v) is 13.5. The summed E-state index contributed by atoms with van der Waals surface area (Å²) in [5.41, 5.74) is 5.39. The van der Waals surface area contributed by atoms with Crippen molar-refractivity contribution >= 4 is 51.9 Å². The second-order valence-electron chi connectivity index (χ2n) is 8.94. The maximum absolute atomic E-state index is 13.0. The number of allylic oxidation sites excluding steroid dienone is 1. The van der Waals surface area contributed by atoms with Crippen LogP contribution in [0.3, 0.4) is 0 Å². The minimum atomic E-state index is -1.46. The Morgan fingerprint density at radius 2 is 2.11 bits per heavy atom. The Hall–Kier alpha value is -3.08. The largest absolute Gasteiger partial charge is 0.543 e. The zero-order valence-corrected chi connectivity index (χ0v) is 21.3. The Bertz CT molecular complexity index is 1190. The lowest BCUT2D eigenvalue weighted by molar-refractivity contribution is -1.00. The number of aromatic nitrogens is 2. The first-order chi connectivity index (χ1) is 17.8. The third-order valence-corrected chi connectivity index (χ3v) is 8.74. The van der Waals surface area contributed by atoms with Crippen LogP contribution in [-0.4, -0.2) is 104 Å². The van der Waals surface area contributed by atoms with E-state index in [9.17, 15) is 23.9 Å². The molecule has 37 heavy (non-hydrogen) atoms. The second-order valence-corrected chi connectivity index (χ2v) is 10.8. The molecule has 3 fully saturated rings. The topological polar surface area (TPSA) is 166 Å². The molecule has 1 aromatic heterocycles. The molecule has 4 aliphatic heterocycles. The number of amides is 2. The third-order valence-electron chi connectivity index (χ3n) is 6.90. The van der Waals surface area contributed by atoms with Gasteiger partial charge in [-0.1, -0.05) is 11.2 Å². The Morgan fingerprint density at radius 3 is 2.76 bits per heavy atom. The summed E-state index contributed by atoms with van der Waals surface area (Å²) in [7, 11) is 0. The van der Waals surface area contributed by atoms with Crippen LogP contribution in [-0.2, 0) is 19.2 Å². The number of nitrogen functional groups attached to an aromatic ring is 1. The smallest absolute Gasteiger partial charge is 0.278 e. The van der Waals surface area contributed by atoms with E-state index in [1.165, 1.54) is 11.8 Å². The summed E-state index contributed by atoms with van der Waals surface area (Å²) >= 11 is 2.12. The number of nitrogens with zero attached hydrogens (tertiary/aromatic N) is 6. The number of rotatable bonds is 9. The van der Waals surface area contributed by atoms with E-state index in [4.69, 9.17) is 5.73 Å². The third kappa shape index (κ3) is 4.69. The minimum Gasteiger partial charge on any atom is -0.543 e. The lowest BCUT2D eigenvalue weighted by atomic mass is 10.0. The number of hydrogen-bond donors (Lipinski definition) is 2. The fourth-order valence-electron chi connectivity index (χ4n) is 5.29. The van der Waals surface area contributed by atoms with Crippen LogP contribution >= 0.6 is 23.3 Å². The van der Waals surface area contributed by atoms with Crippen LogP contribution < -0.4 is 16.2 Å². The number of halogens is 1. The first kappa shape index (κ1) is 25.6. The molecule has 0 aromatic carbocycles. The second kappa shape index (κ2) is 10.4. The molecular formula is C21H25FN8O5S2. The van der Waals surface area contributed by atoms with Crippen molar-refractivity contribution in [1.29, 1.82) is 0 Å². The number of nitrogens with one attached hydrogen (secondary N) is 1. The molecule has 198 valence electrons. The quantitative estimate of drug-likeness (QED) is 0.160. The van der Waals surface area contributed by atoms with Gasteiger partial charge in [0.15, 0.2) is 5.13 Å². The summed E-state index contributed by atoms with van der Waals surface area (Å²) in [5.74, 6) is -2.82. The monoisotopic (exact) mass is 552 g/mol. The Balaban J connectivity index is 1.30. The number of anilines is 1. The number of aliphatic carboxylic acids is 1. The molecule has 0 aliphatic carbocycles. The van der Waals surface area contributed by atoms with E-state index >= 15 is 0 Å². The molecule has 2 amide bonds. The standard InChI is InChI=1S/C21H25FN8O5S2/c22-11-35-26-13(16-25-21(23)37-27-16)17(31)24-14-18(32)29-15(20(33)34)12(10-36-19(14)29)4-1-7-30-8-2-5-28(30)6-3-9-30/h1,4,14,19H,2-3,5-11H2,(H3-,23,24,25,27,31,33,34)/b4-1+,26-13-/t14-,19-/m1/s1. The van der Waals surface area contributed by atoms with Crippen LogP contribution in [0.4, 0.5) is 9.52 Å². The lowest BCUT2D eigenvalue weighted by Crippen LogP contribution is -2.71. The average Bonchev–Trinajstić information content (AvgIpc) is 3.58. The van der Waals surface area contributed by atoms with Crippen LogP contribution in [0.5, 0.6) is 0 Å². The molecule has 3 N–H and O–H groups in total. The maximum Gasteiger partial charge on any atom is 0.278 e. The molecule has 4 aliphatic rings. The number of quaternary nitrogens is 1. The van der Waals surface area contributed by atoms with Gasteiger partial charge in [0.1, 0.15) is 18.0 Å². The van der Waals surface area contributed by atoms with E-state index in [0.29, 0.717) is 11.3 Å². The zero-order chi connectivity index (χ0) is 26.2.